The summed E-state index contributed by atoms with van der Waals surface area (Å²) in [5.41, 5.74) is 0. The van der Waals surface area contributed by atoms with E-state index >= 15 is 0 Å². The minimum Gasteiger partial charge on any atom is -0.335 e. The van der Waals surface area contributed by atoms with Crippen molar-refractivity contribution in [3.8, 4) is 0 Å². The number of rotatable bonds is 2. The summed E-state index contributed by atoms with van der Waals surface area (Å²) in [5.74, 6) is 0.283. The van der Waals surface area contributed by atoms with Gasteiger partial charge in [0.15, 0.2) is 6.54 Å². The molecule has 4 nitrogen and oxygen atoms in total. The van der Waals surface area contributed by atoms with Crippen LogP contribution in [0.1, 0.15) is 0 Å². The number of carbonyl (C=O) groups is 1. The fourth-order valence-electron chi connectivity index (χ4n) is 1.56. The summed E-state index contributed by atoms with van der Waals surface area (Å²) in [5, 5.41) is 0. The minimum absolute atomic E-state index is 0.283. The normalized spacial score (nSPS) is 19.9. The van der Waals surface area contributed by atoms with Gasteiger partial charge in [-0.25, -0.2) is 0 Å². The van der Waals surface area contributed by atoms with Gasteiger partial charge in [0.05, 0.1) is 21.1 Å². The van der Waals surface area contributed by atoms with Crippen molar-refractivity contribution in [1.29, 1.82) is 0 Å². The van der Waals surface area contributed by atoms with E-state index in [1.54, 1.807) is 0 Å². The molecule has 1 aliphatic heterocycles. The van der Waals surface area contributed by atoms with Crippen molar-refractivity contribution < 1.29 is 9.28 Å². The van der Waals surface area contributed by atoms with E-state index in [0.29, 0.717) is 11.0 Å². The van der Waals surface area contributed by atoms with E-state index in [1.165, 1.54) is 0 Å². The van der Waals surface area contributed by atoms with Crippen LogP contribution in [-0.4, -0.2) is 81.1 Å². The van der Waals surface area contributed by atoms with E-state index in [1.807, 2.05) is 26.0 Å². The van der Waals surface area contributed by atoms with Gasteiger partial charge in [0.25, 0.3) is 5.91 Å². The molecule has 0 aromatic rings. The van der Waals surface area contributed by atoms with Crippen molar-refractivity contribution >= 4 is 5.91 Å². The highest BCUT2D eigenvalue weighted by molar-refractivity contribution is 5.77. The second-order valence-corrected chi connectivity index (χ2v) is 5.13. The number of nitrogens with zero attached hydrogens (tertiary/aromatic N) is 3. The molecule has 1 rings (SSSR count). The molecule has 1 aliphatic rings. The van der Waals surface area contributed by atoms with Crippen molar-refractivity contribution in [2.45, 2.75) is 0 Å². The Balaban J connectivity index is 2.38. The van der Waals surface area contributed by atoms with Gasteiger partial charge in [0.2, 0.25) is 0 Å². The molecule has 14 heavy (non-hydrogen) atoms. The van der Waals surface area contributed by atoms with E-state index in [0.717, 1.165) is 26.2 Å². The van der Waals surface area contributed by atoms with Crippen molar-refractivity contribution in [1.82, 2.24) is 9.80 Å². The largest absolute Gasteiger partial charge is 0.335 e. The Bertz CT molecular complexity index is 202. The third kappa shape index (κ3) is 3.64. The molecule has 82 valence electrons. The molecule has 0 bridgehead atoms. The first-order chi connectivity index (χ1) is 6.38. The zero-order valence-corrected chi connectivity index (χ0v) is 9.79. The topological polar surface area (TPSA) is 23.6 Å². The van der Waals surface area contributed by atoms with Crippen molar-refractivity contribution in [3.63, 3.8) is 0 Å². The molecule has 0 atom stereocenters. The van der Waals surface area contributed by atoms with Gasteiger partial charge in [-0.05, 0) is 7.05 Å². The lowest BCUT2D eigenvalue weighted by Gasteiger charge is -2.34. The summed E-state index contributed by atoms with van der Waals surface area (Å²) >= 11 is 0. The molecular weight excluding hydrogens is 178 g/mol. The number of quaternary nitrogens is 1. The summed E-state index contributed by atoms with van der Waals surface area (Å²) in [6.45, 7) is 4.38. The molecule has 0 aromatic heterocycles. The highest BCUT2D eigenvalue weighted by Gasteiger charge is 2.23. The SMILES string of the molecule is CN1CCN(C(=O)C[N+](C)(C)C)CC1. The fourth-order valence-corrected chi connectivity index (χ4v) is 1.56. The number of hydrogen-bond acceptors (Lipinski definition) is 2. The van der Waals surface area contributed by atoms with Crippen LogP contribution in [0.5, 0.6) is 0 Å². The van der Waals surface area contributed by atoms with E-state index in [-0.39, 0.29) is 5.91 Å². The van der Waals surface area contributed by atoms with Crippen LogP contribution in [0, 0.1) is 0 Å². The first-order valence-electron chi connectivity index (χ1n) is 5.15. The van der Waals surface area contributed by atoms with Crippen LogP contribution in [0.25, 0.3) is 0 Å². The number of likely N-dealkylation sites (N-methyl/N-ethyl adjacent to an activating group) is 2. The zero-order valence-electron chi connectivity index (χ0n) is 9.79. The second kappa shape index (κ2) is 4.28. The average molecular weight is 200 g/mol. The number of amides is 1. The van der Waals surface area contributed by atoms with Crippen LogP contribution in [-0.2, 0) is 4.79 Å². The van der Waals surface area contributed by atoms with Crippen LogP contribution in [0.2, 0.25) is 0 Å². The third-order valence-corrected chi connectivity index (χ3v) is 2.47. The molecule has 1 heterocycles. The Morgan fingerprint density at radius 3 is 2.07 bits per heavy atom. The van der Waals surface area contributed by atoms with Crippen LogP contribution < -0.4 is 0 Å². The lowest BCUT2D eigenvalue weighted by molar-refractivity contribution is -0.862. The summed E-state index contributed by atoms with van der Waals surface area (Å²) < 4.78 is 0.713. The lowest BCUT2D eigenvalue weighted by Crippen LogP contribution is -2.52. The Labute approximate surface area is 86.7 Å². The molecule has 0 spiro atoms. The quantitative estimate of drug-likeness (QED) is 0.559. The highest BCUT2D eigenvalue weighted by Crippen LogP contribution is 2.01. The summed E-state index contributed by atoms with van der Waals surface area (Å²) in [6, 6.07) is 0. The van der Waals surface area contributed by atoms with Gasteiger partial charge in [-0.1, -0.05) is 0 Å². The third-order valence-electron chi connectivity index (χ3n) is 2.47. The smallest absolute Gasteiger partial charge is 0.277 e. The van der Waals surface area contributed by atoms with Gasteiger partial charge >= 0.3 is 0 Å². The number of carbonyl (C=O) groups excluding carboxylic acids is 1. The molecule has 1 saturated heterocycles. The van der Waals surface area contributed by atoms with Crippen LogP contribution >= 0.6 is 0 Å². The monoisotopic (exact) mass is 200 g/mol. The Morgan fingerprint density at radius 1 is 1.14 bits per heavy atom. The minimum atomic E-state index is 0.283. The van der Waals surface area contributed by atoms with Crippen molar-refractivity contribution in [2.24, 2.45) is 0 Å². The van der Waals surface area contributed by atoms with Crippen LogP contribution in [0.4, 0.5) is 0 Å². The van der Waals surface area contributed by atoms with Gasteiger partial charge in [-0.3, -0.25) is 4.79 Å². The maximum absolute atomic E-state index is 11.8. The van der Waals surface area contributed by atoms with E-state index in [2.05, 4.69) is 11.9 Å². The molecular formula is C10H22N3O+. The van der Waals surface area contributed by atoms with E-state index in [9.17, 15) is 4.79 Å². The fraction of sp³-hybridized carbons (Fsp3) is 0.900. The molecule has 4 heteroatoms. The molecule has 0 radical (unpaired) electrons. The predicted octanol–water partition coefficient (Wildman–Crippen LogP) is -0.533. The molecule has 0 aromatic carbocycles. The molecule has 0 unspecified atom stereocenters. The van der Waals surface area contributed by atoms with Crippen LogP contribution in [0.15, 0.2) is 0 Å². The first-order valence-corrected chi connectivity index (χ1v) is 5.15. The summed E-state index contributed by atoms with van der Waals surface area (Å²) in [4.78, 5) is 16.0. The lowest BCUT2D eigenvalue weighted by atomic mass is 10.3. The maximum atomic E-state index is 11.8. The Morgan fingerprint density at radius 2 is 1.64 bits per heavy atom. The zero-order chi connectivity index (χ0) is 10.8. The van der Waals surface area contributed by atoms with E-state index in [4.69, 9.17) is 0 Å². The van der Waals surface area contributed by atoms with Crippen molar-refractivity contribution in [3.05, 3.63) is 0 Å². The van der Waals surface area contributed by atoms with E-state index < -0.39 is 0 Å². The number of piperazine rings is 1. The first kappa shape index (κ1) is 11.5. The second-order valence-electron chi connectivity index (χ2n) is 5.13. The summed E-state index contributed by atoms with van der Waals surface area (Å²) in [7, 11) is 8.25. The molecule has 0 aliphatic carbocycles. The number of hydrogen-bond donors (Lipinski definition) is 0. The van der Waals surface area contributed by atoms with Gasteiger partial charge in [0, 0.05) is 26.2 Å². The molecule has 0 saturated carbocycles. The van der Waals surface area contributed by atoms with Crippen LogP contribution in [0.3, 0.4) is 0 Å². The Hall–Kier alpha value is -0.610. The maximum Gasteiger partial charge on any atom is 0.277 e. The highest BCUT2D eigenvalue weighted by atomic mass is 16.2. The van der Waals surface area contributed by atoms with Gasteiger partial charge in [0.1, 0.15) is 0 Å². The molecule has 0 N–H and O–H groups in total. The standard InChI is InChI=1S/C10H22N3O/c1-11-5-7-12(8-6-11)10(14)9-13(2,3)4/h5-9H2,1-4H3/q+1. The summed E-state index contributed by atoms with van der Waals surface area (Å²) in [6.07, 6.45) is 0. The van der Waals surface area contributed by atoms with Gasteiger partial charge in [-0.15, -0.1) is 0 Å². The van der Waals surface area contributed by atoms with Gasteiger partial charge in [-0.2, -0.15) is 0 Å². The predicted molar refractivity (Wildman–Crippen MR) is 57.0 cm³/mol. The average Bonchev–Trinajstić information content (AvgIpc) is 2.02. The Kier molecular flexibility index (Phi) is 3.50. The molecule has 1 amide bonds. The van der Waals surface area contributed by atoms with Gasteiger partial charge < -0.3 is 14.3 Å². The van der Waals surface area contributed by atoms with Crippen molar-refractivity contribution in [2.75, 3.05) is 60.9 Å². The molecule has 1 fully saturated rings.